The molecule has 2 rings (SSSR count). The first-order chi connectivity index (χ1) is 9.66. The molecule has 0 aromatic carbocycles. The number of nitrogens with zero attached hydrogens (tertiary/aromatic N) is 1. The fourth-order valence-electron chi connectivity index (χ4n) is 4.02. The van der Waals surface area contributed by atoms with Crippen molar-refractivity contribution in [2.24, 2.45) is 11.8 Å². The van der Waals surface area contributed by atoms with Crippen molar-refractivity contribution >= 4 is 0 Å². The molecule has 1 atom stereocenters. The molecule has 20 heavy (non-hydrogen) atoms. The van der Waals surface area contributed by atoms with E-state index in [0.29, 0.717) is 5.92 Å². The maximum Gasteiger partial charge on any atom is 0.0695 e. The fourth-order valence-corrected chi connectivity index (χ4v) is 4.02. The van der Waals surface area contributed by atoms with Crippen molar-refractivity contribution in [2.45, 2.75) is 90.2 Å². The minimum absolute atomic E-state index is 0.0805. The van der Waals surface area contributed by atoms with Crippen molar-refractivity contribution < 1.29 is 5.11 Å². The number of rotatable bonds is 7. The highest BCUT2D eigenvalue weighted by Crippen LogP contribution is 2.29. The van der Waals surface area contributed by atoms with Gasteiger partial charge in [-0.1, -0.05) is 46.0 Å². The monoisotopic (exact) mass is 281 g/mol. The summed E-state index contributed by atoms with van der Waals surface area (Å²) in [5.74, 6) is 1.34. The van der Waals surface area contributed by atoms with Crippen LogP contribution in [0.5, 0.6) is 0 Å². The summed E-state index contributed by atoms with van der Waals surface area (Å²) in [5, 5.41) is 10.6. The maximum atomic E-state index is 10.6. The van der Waals surface area contributed by atoms with E-state index in [0.717, 1.165) is 18.5 Å². The van der Waals surface area contributed by atoms with E-state index < -0.39 is 0 Å². The van der Waals surface area contributed by atoms with Gasteiger partial charge >= 0.3 is 0 Å². The van der Waals surface area contributed by atoms with Crippen LogP contribution >= 0.6 is 0 Å². The first-order valence-electron chi connectivity index (χ1n) is 9.09. The molecule has 1 unspecified atom stereocenters. The van der Waals surface area contributed by atoms with E-state index in [2.05, 4.69) is 18.7 Å². The van der Waals surface area contributed by atoms with Gasteiger partial charge in [0.15, 0.2) is 0 Å². The van der Waals surface area contributed by atoms with Crippen LogP contribution in [0, 0.1) is 11.8 Å². The minimum atomic E-state index is -0.0805. The van der Waals surface area contributed by atoms with Gasteiger partial charge in [-0.2, -0.15) is 0 Å². The lowest BCUT2D eigenvalue weighted by atomic mass is 9.85. The van der Waals surface area contributed by atoms with Crippen molar-refractivity contribution in [2.75, 3.05) is 13.1 Å². The van der Waals surface area contributed by atoms with Crippen LogP contribution in [0.3, 0.4) is 0 Å². The van der Waals surface area contributed by atoms with Gasteiger partial charge in [0, 0.05) is 12.6 Å². The third-order valence-corrected chi connectivity index (χ3v) is 5.45. The van der Waals surface area contributed by atoms with Crippen molar-refractivity contribution in [1.82, 2.24) is 4.90 Å². The molecule has 118 valence electrons. The summed E-state index contributed by atoms with van der Waals surface area (Å²) in [6.45, 7) is 6.74. The molecule has 2 aliphatic rings. The van der Waals surface area contributed by atoms with Crippen LogP contribution in [0.25, 0.3) is 0 Å². The number of aliphatic hydroxyl groups is 1. The van der Waals surface area contributed by atoms with E-state index in [1.54, 1.807) is 0 Å². The maximum absolute atomic E-state index is 10.6. The highest BCUT2D eigenvalue weighted by Gasteiger charge is 2.28. The molecule has 2 aliphatic carbocycles. The van der Waals surface area contributed by atoms with Gasteiger partial charge < -0.3 is 5.11 Å². The zero-order valence-electron chi connectivity index (χ0n) is 13.7. The second-order valence-corrected chi connectivity index (χ2v) is 7.58. The van der Waals surface area contributed by atoms with Crippen LogP contribution in [0.4, 0.5) is 0 Å². The fraction of sp³-hybridized carbons (Fsp3) is 1.00. The molecule has 0 saturated heterocycles. The lowest BCUT2D eigenvalue weighted by molar-refractivity contribution is 0.0322. The first-order valence-corrected chi connectivity index (χ1v) is 9.09. The Labute approximate surface area is 125 Å². The Hall–Kier alpha value is -0.0800. The summed E-state index contributed by atoms with van der Waals surface area (Å²) in [6.07, 6.45) is 13.2. The standard InChI is InChI=1S/C18H35NO/c1-15(2)12-13-19(17-10-6-7-11-17)14-18(20)16-8-4-3-5-9-16/h15-18,20H,3-14H2,1-2H3. The van der Waals surface area contributed by atoms with Gasteiger partial charge in [-0.3, -0.25) is 4.90 Å². The molecule has 0 aromatic heterocycles. The Kier molecular flexibility index (Phi) is 6.83. The van der Waals surface area contributed by atoms with E-state index >= 15 is 0 Å². The molecule has 0 bridgehead atoms. The topological polar surface area (TPSA) is 23.5 Å². The highest BCUT2D eigenvalue weighted by molar-refractivity contribution is 4.82. The molecule has 0 aromatic rings. The summed E-state index contributed by atoms with van der Waals surface area (Å²) in [7, 11) is 0. The smallest absolute Gasteiger partial charge is 0.0695 e. The molecule has 0 radical (unpaired) electrons. The number of aliphatic hydroxyl groups excluding tert-OH is 1. The van der Waals surface area contributed by atoms with E-state index in [1.165, 1.54) is 70.8 Å². The Morgan fingerprint density at radius 1 is 0.950 bits per heavy atom. The average Bonchev–Trinajstić information content (AvgIpc) is 2.98. The Balaban J connectivity index is 1.84. The molecule has 1 N–H and O–H groups in total. The van der Waals surface area contributed by atoms with Crippen molar-refractivity contribution in [3.63, 3.8) is 0 Å². The van der Waals surface area contributed by atoms with Crippen LogP contribution in [0.1, 0.15) is 78.1 Å². The Morgan fingerprint density at radius 3 is 2.15 bits per heavy atom. The van der Waals surface area contributed by atoms with Gasteiger partial charge in [0.25, 0.3) is 0 Å². The highest BCUT2D eigenvalue weighted by atomic mass is 16.3. The first kappa shape index (κ1) is 16.3. The average molecular weight is 281 g/mol. The van der Waals surface area contributed by atoms with E-state index in [4.69, 9.17) is 0 Å². The Morgan fingerprint density at radius 2 is 1.55 bits per heavy atom. The summed E-state index contributed by atoms with van der Waals surface area (Å²) < 4.78 is 0. The molecular weight excluding hydrogens is 246 g/mol. The summed E-state index contributed by atoms with van der Waals surface area (Å²) in [5.41, 5.74) is 0. The zero-order valence-corrected chi connectivity index (χ0v) is 13.7. The largest absolute Gasteiger partial charge is 0.392 e. The van der Waals surface area contributed by atoms with Crippen molar-refractivity contribution in [1.29, 1.82) is 0 Å². The molecule has 0 aliphatic heterocycles. The van der Waals surface area contributed by atoms with Crippen molar-refractivity contribution in [3.05, 3.63) is 0 Å². The predicted octanol–water partition coefficient (Wildman–Crippen LogP) is 4.22. The lowest BCUT2D eigenvalue weighted by Crippen LogP contribution is -2.43. The SMILES string of the molecule is CC(C)CCN(CC(O)C1CCCCC1)C1CCCC1. The summed E-state index contributed by atoms with van der Waals surface area (Å²) >= 11 is 0. The van der Waals surface area contributed by atoms with Crippen LogP contribution < -0.4 is 0 Å². The lowest BCUT2D eigenvalue weighted by Gasteiger charge is -2.35. The molecule has 2 heteroatoms. The van der Waals surface area contributed by atoms with Gasteiger partial charge in [0.05, 0.1) is 6.10 Å². The van der Waals surface area contributed by atoms with Crippen LogP contribution in [0.15, 0.2) is 0 Å². The summed E-state index contributed by atoms with van der Waals surface area (Å²) in [4.78, 5) is 2.63. The minimum Gasteiger partial charge on any atom is -0.392 e. The second-order valence-electron chi connectivity index (χ2n) is 7.58. The normalized spacial score (nSPS) is 23.9. The third kappa shape index (κ3) is 5.04. The molecule has 0 heterocycles. The van der Waals surface area contributed by atoms with Gasteiger partial charge in [-0.15, -0.1) is 0 Å². The van der Waals surface area contributed by atoms with E-state index in [1.807, 2.05) is 0 Å². The Bertz CT molecular complexity index is 254. The molecule has 2 nitrogen and oxygen atoms in total. The predicted molar refractivity (Wildman–Crippen MR) is 85.9 cm³/mol. The molecule has 0 amide bonds. The third-order valence-electron chi connectivity index (χ3n) is 5.45. The zero-order chi connectivity index (χ0) is 14.4. The van der Waals surface area contributed by atoms with Crippen LogP contribution in [0.2, 0.25) is 0 Å². The van der Waals surface area contributed by atoms with Gasteiger partial charge in [0.2, 0.25) is 0 Å². The van der Waals surface area contributed by atoms with Crippen molar-refractivity contribution in [3.8, 4) is 0 Å². The van der Waals surface area contributed by atoms with E-state index in [-0.39, 0.29) is 6.10 Å². The second kappa shape index (κ2) is 8.38. The summed E-state index contributed by atoms with van der Waals surface area (Å²) in [6, 6.07) is 0.756. The van der Waals surface area contributed by atoms with Crippen LogP contribution in [-0.4, -0.2) is 35.2 Å². The molecular formula is C18H35NO. The van der Waals surface area contributed by atoms with Gasteiger partial charge in [-0.25, -0.2) is 0 Å². The quantitative estimate of drug-likeness (QED) is 0.755. The number of hydrogen-bond donors (Lipinski definition) is 1. The van der Waals surface area contributed by atoms with Gasteiger partial charge in [-0.05, 0) is 50.5 Å². The van der Waals surface area contributed by atoms with Gasteiger partial charge in [0.1, 0.15) is 0 Å². The van der Waals surface area contributed by atoms with Crippen LogP contribution in [-0.2, 0) is 0 Å². The number of hydrogen-bond acceptors (Lipinski definition) is 2. The molecule has 0 spiro atoms. The molecule has 2 saturated carbocycles. The molecule has 2 fully saturated rings. The van der Waals surface area contributed by atoms with E-state index in [9.17, 15) is 5.11 Å².